The van der Waals surface area contributed by atoms with Gasteiger partial charge in [0.1, 0.15) is 5.75 Å². The Morgan fingerprint density at radius 1 is 1.45 bits per heavy atom. The first-order chi connectivity index (χ1) is 10.6. The molecule has 0 atom stereocenters. The first-order valence-corrected chi connectivity index (χ1v) is 8.14. The van der Waals surface area contributed by atoms with Gasteiger partial charge in [-0.25, -0.2) is 9.78 Å². The largest absolute Gasteiger partial charge is 0.493 e. The van der Waals surface area contributed by atoms with Gasteiger partial charge in [0.05, 0.1) is 12.3 Å². The zero-order valence-corrected chi connectivity index (χ0v) is 14.2. The van der Waals surface area contributed by atoms with E-state index in [1.165, 1.54) is 11.3 Å². The van der Waals surface area contributed by atoms with Gasteiger partial charge in [-0.3, -0.25) is 5.32 Å². The number of aromatic nitrogens is 1. The topological polar surface area (TPSA) is 80.7 Å². The molecule has 2 aromatic rings. The number of nitrogens with zero attached hydrogens (tertiary/aromatic N) is 1. The normalized spacial score (nSPS) is 10.5. The van der Waals surface area contributed by atoms with E-state index in [0.29, 0.717) is 29.8 Å². The van der Waals surface area contributed by atoms with Crippen LogP contribution >= 0.6 is 27.3 Å². The van der Waals surface area contributed by atoms with Crippen molar-refractivity contribution in [3.8, 4) is 17.0 Å². The average Bonchev–Trinajstić information content (AvgIpc) is 2.91. The van der Waals surface area contributed by atoms with Gasteiger partial charge in [-0.1, -0.05) is 15.9 Å². The highest BCUT2D eigenvalue weighted by Crippen LogP contribution is 2.34. The highest BCUT2D eigenvalue weighted by Gasteiger charge is 2.12. The fourth-order valence-corrected chi connectivity index (χ4v) is 2.80. The number of methoxy groups -OCH3 is 1. The number of hydrogen-bond acceptors (Lipinski definition) is 5. The third kappa shape index (κ3) is 4.69. The van der Waals surface area contributed by atoms with Crippen LogP contribution in [-0.2, 0) is 4.74 Å². The van der Waals surface area contributed by atoms with Crippen molar-refractivity contribution in [2.45, 2.75) is 6.42 Å². The predicted octanol–water partition coefficient (Wildman–Crippen LogP) is 4.08. The summed E-state index contributed by atoms with van der Waals surface area (Å²) in [6.45, 7) is 1.16. The predicted molar refractivity (Wildman–Crippen MR) is 88.9 cm³/mol. The quantitative estimate of drug-likeness (QED) is 0.700. The molecule has 2 N–H and O–H groups in total. The van der Waals surface area contributed by atoms with Gasteiger partial charge in [0, 0.05) is 35.6 Å². The number of thiazole rings is 1. The first kappa shape index (κ1) is 16.7. The van der Waals surface area contributed by atoms with Crippen molar-refractivity contribution < 1.29 is 19.4 Å². The number of ether oxygens (including phenoxy) is 2. The molecule has 0 fully saturated rings. The van der Waals surface area contributed by atoms with Gasteiger partial charge in [-0.15, -0.1) is 11.3 Å². The van der Waals surface area contributed by atoms with Crippen molar-refractivity contribution in [3.63, 3.8) is 0 Å². The summed E-state index contributed by atoms with van der Waals surface area (Å²) in [5.74, 6) is 0.692. The Labute approximate surface area is 140 Å². The molecule has 1 aromatic heterocycles. The number of rotatable bonds is 7. The van der Waals surface area contributed by atoms with Gasteiger partial charge in [0.25, 0.3) is 0 Å². The molecular weight excluding hydrogens is 372 g/mol. The lowest BCUT2D eigenvalue weighted by Crippen LogP contribution is -2.06. The molecule has 8 heteroatoms. The van der Waals surface area contributed by atoms with E-state index < -0.39 is 6.09 Å². The summed E-state index contributed by atoms with van der Waals surface area (Å²) in [4.78, 5) is 14.9. The van der Waals surface area contributed by atoms with Crippen LogP contribution in [0.15, 0.2) is 28.1 Å². The zero-order chi connectivity index (χ0) is 15.9. The molecular formula is C14H15BrN2O4S. The fourth-order valence-electron chi connectivity index (χ4n) is 1.76. The number of benzene rings is 1. The van der Waals surface area contributed by atoms with Crippen molar-refractivity contribution in [2.75, 3.05) is 25.6 Å². The minimum Gasteiger partial charge on any atom is -0.493 e. The molecule has 0 spiro atoms. The molecule has 0 saturated heterocycles. The van der Waals surface area contributed by atoms with E-state index in [0.717, 1.165) is 16.5 Å². The van der Waals surface area contributed by atoms with E-state index in [9.17, 15) is 4.79 Å². The Balaban J connectivity index is 2.18. The summed E-state index contributed by atoms with van der Waals surface area (Å²) in [7, 11) is 1.65. The molecule has 0 radical (unpaired) electrons. The van der Waals surface area contributed by atoms with E-state index in [4.69, 9.17) is 14.6 Å². The van der Waals surface area contributed by atoms with Crippen LogP contribution in [0.3, 0.4) is 0 Å². The number of carbonyl (C=O) groups is 1. The maximum absolute atomic E-state index is 10.6. The second-order valence-corrected chi connectivity index (χ2v) is 6.08. The summed E-state index contributed by atoms with van der Waals surface area (Å²) in [6, 6.07) is 5.64. The van der Waals surface area contributed by atoms with Crippen molar-refractivity contribution in [1.29, 1.82) is 0 Å². The molecule has 1 aromatic carbocycles. The minimum absolute atomic E-state index is 0.329. The number of anilines is 1. The summed E-state index contributed by atoms with van der Waals surface area (Å²) in [5.41, 5.74) is 1.48. The van der Waals surface area contributed by atoms with Crippen molar-refractivity contribution in [1.82, 2.24) is 4.98 Å². The lowest BCUT2D eigenvalue weighted by atomic mass is 10.1. The van der Waals surface area contributed by atoms with Gasteiger partial charge in [0.15, 0.2) is 5.13 Å². The lowest BCUT2D eigenvalue weighted by molar-refractivity contribution is 0.172. The Bertz CT molecular complexity index is 648. The molecule has 6 nitrogen and oxygen atoms in total. The molecule has 0 saturated carbocycles. The van der Waals surface area contributed by atoms with E-state index in [2.05, 4.69) is 26.2 Å². The molecule has 118 valence electrons. The molecule has 0 bridgehead atoms. The van der Waals surface area contributed by atoms with E-state index in [-0.39, 0.29) is 0 Å². The van der Waals surface area contributed by atoms with Gasteiger partial charge in [-0.2, -0.15) is 0 Å². The molecule has 0 aliphatic carbocycles. The summed E-state index contributed by atoms with van der Waals surface area (Å²) < 4.78 is 11.7. The molecule has 1 amide bonds. The van der Waals surface area contributed by atoms with Crippen LogP contribution in [-0.4, -0.2) is 36.5 Å². The number of halogens is 1. The number of carboxylic acid groups (broad SMARTS) is 1. The summed E-state index contributed by atoms with van der Waals surface area (Å²) in [5, 5.41) is 13.1. The minimum atomic E-state index is -1.13. The lowest BCUT2D eigenvalue weighted by Gasteiger charge is -2.10. The standard InChI is InChI=1S/C14H15BrN2O4S/c1-20-5-2-6-21-12-7-9(15)3-4-10(12)11-8-22-13(16-11)17-14(18)19/h3-4,7-8H,2,5-6H2,1H3,(H,16,17)(H,18,19). The Hall–Kier alpha value is -1.64. The van der Waals surface area contributed by atoms with Gasteiger partial charge in [0.2, 0.25) is 0 Å². The smallest absolute Gasteiger partial charge is 0.410 e. The van der Waals surface area contributed by atoms with E-state index in [1.807, 2.05) is 18.2 Å². The Kier molecular flexibility index (Phi) is 6.17. The number of amides is 1. The first-order valence-electron chi connectivity index (χ1n) is 6.47. The van der Waals surface area contributed by atoms with Crippen LogP contribution in [0.5, 0.6) is 5.75 Å². The third-order valence-corrected chi connectivity index (χ3v) is 3.94. The van der Waals surface area contributed by atoms with Crippen molar-refractivity contribution in [2.24, 2.45) is 0 Å². The molecule has 0 aliphatic rings. The van der Waals surface area contributed by atoms with Crippen molar-refractivity contribution in [3.05, 3.63) is 28.1 Å². The third-order valence-electron chi connectivity index (χ3n) is 2.69. The molecule has 22 heavy (non-hydrogen) atoms. The summed E-state index contributed by atoms with van der Waals surface area (Å²) in [6.07, 6.45) is -0.349. The fraction of sp³-hybridized carbons (Fsp3) is 0.286. The number of nitrogens with one attached hydrogen (secondary N) is 1. The van der Waals surface area contributed by atoms with Crippen LogP contribution in [0.2, 0.25) is 0 Å². The Morgan fingerprint density at radius 2 is 2.27 bits per heavy atom. The highest BCUT2D eigenvalue weighted by atomic mass is 79.9. The number of hydrogen-bond donors (Lipinski definition) is 2. The van der Waals surface area contributed by atoms with Crippen LogP contribution in [0.4, 0.5) is 9.93 Å². The Morgan fingerprint density at radius 3 is 3.00 bits per heavy atom. The van der Waals surface area contributed by atoms with Crippen molar-refractivity contribution >= 4 is 38.5 Å². The monoisotopic (exact) mass is 386 g/mol. The van der Waals surface area contributed by atoms with Gasteiger partial charge in [-0.05, 0) is 18.2 Å². The maximum atomic E-state index is 10.6. The maximum Gasteiger partial charge on any atom is 0.410 e. The zero-order valence-electron chi connectivity index (χ0n) is 11.8. The van der Waals surface area contributed by atoms with E-state index >= 15 is 0 Å². The second-order valence-electron chi connectivity index (χ2n) is 4.30. The molecule has 2 rings (SSSR count). The second kappa shape index (κ2) is 8.11. The summed E-state index contributed by atoms with van der Waals surface area (Å²) >= 11 is 4.64. The van der Waals surface area contributed by atoms with Gasteiger partial charge >= 0.3 is 6.09 Å². The average molecular weight is 387 g/mol. The SMILES string of the molecule is COCCCOc1cc(Br)ccc1-c1csc(NC(=O)O)n1. The van der Waals surface area contributed by atoms with E-state index in [1.54, 1.807) is 12.5 Å². The van der Waals surface area contributed by atoms with Gasteiger partial charge < -0.3 is 14.6 Å². The highest BCUT2D eigenvalue weighted by molar-refractivity contribution is 9.10. The van der Waals surface area contributed by atoms with Crippen LogP contribution < -0.4 is 10.1 Å². The molecule has 0 unspecified atom stereocenters. The van der Waals surface area contributed by atoms with Crippen LogP contribution in [0, 0.1) is 0 Å². The molecule has 1 heterocycles. The molecule has 0 aliphatic heterocycles. The van der Waals surface area contributed by atoms with Crippen LogP contribution in [0.1, 0.15) is 6.42 Å². The van der Waals surface area contributed by atoms with Crippen LogP contribution in [0.25, 0.3) is 11.3 Å².